The minimum atomic E-state index is -0.168. The Morgan fingerprint density at radius 1 is 1.43 bits per heavy atom. The average molecular weight is 440 g/mol. The number of benzene rings is 1. The van der Waals surface area contributed by atoms with Crippen LogP contribution in [0.4, 0.5) is 5.00 Å². The van der Waals surface area contributed by atoms with E-state index in [9.17, 15) is 10.1 Å². The van der Waals surface area contributed by atoms with Crippen LogP contribution in [0.1, 0.15) is 29.3 Å². The molecule has 30 heavy (non-hydrogen) atoms. The molecule has 154 valence electrons. The van der Waals surface area contributed by atoms with Gasteiger partial charge in [-0.2, -0.15) is 5.26 Å². The standard InChI is InChI=1S/C21H21N5O2S2/c1-12-3-8-15-16(10-22)20(30-17(15)9-12)23-18(27)11-29-21-24-19(25-26-21)13-4-6-14(28-2)7-5-13/h4-7,12H,3,8-9,11H2,1-2H3,(H,23,27)(H,24,25,26). The van der Waals surface area contributed by atoms with E-state index in [1.807, 2.05) is 24.3 Å². The van der Waals surface area contributed by atoms with Crippen LogP contribution in [0.3, 0.4) is 0 Å². The first kappa shape index (κ1) is 20.4. The Balaban J connectivity index is 1.38. The molecule has 0 saturated heterocycles. The molecule has 1 aromatic carbocycles. The van der Waals surface area contributed by atoms with Crippen LogP contribution in [0, 0.1) is 17.2 Å². The number of nitrogens with zero attached hydrogens (tertiary/aromatic N) is 3. The predicted molar refractivity (Wildman–Crippen MR) is 118 cm³/mol. The Labute approximate surface area is 182 Å². The number of aromatic amines is 1. The van der Waals surface area contributed by atoms with E-state index in [4.69, 9.17) is 4.74 Å². The first-order valence-electron chi connectivity index (χ1n) is 9.61. The Bertz CT molecular complexity index is 1100. The summed E-state index contributed by atoms with van der Waals surface area (Å²) in [7, 11) is 1.62. The van der Waals surface area contributed by atoms with Crippen molar-refractivity contribution in [1.29, 1.82) is 5.26 Å². The zero-order chi connectivity index (χ0) is 21.1. The quantitative estimate of drug-likeness (QED) is 0.556. The zero-order valence-electron chi connectivity index (χ0n) is 16.7. The molecule has 4 rings (SSSR count). The van der Waals surface area contributed by atoms with Gasteiger partial charge >= 0.3 is 0 Å². The molecule has 0 radical (unpaired) electrons. The van der Waals surface area contributed by atoms with Crippen molar-refractivity contribution in [3.8, 4) is 23.2 Å². The second kappa shape index (κ2) is 8.90. The zero-order valence-corrected chi connectivity index (χ0v) is 18.3. The number of hydrogen-bond donors (Lipinski definition) is 2. The van der Waals surface area contributed by atoms with Gasteiger partial charge in [0.1, 0.15) is 16.8 Å². The van der Waals surface area contributed by atoms with Crippen LogP contribution in [0.5, 0.6) is 5.75 Å². The number of thiophene rings is 1. The number of fused-ring (bicyclic) bond motifs is 1. The molecule has 1 unspecified atom stereocenters. The molecule has 0 fully saturated rings. The molecule has 2 heterocycles. The van der Waals surface area contributed by atoms with Crippen LogP contribution in [0.15, 0.2) is 29.4 Å². The highest BCUT2D eigenvalue weighted by molar-refractivity contribution is 7.99. The monoisotopic (exact) mass is 439 g/mol. The predicted octanol–water partition coefficient (Wildman–Crippen LogP) is 4.27. The van der Waals surface area contributed by atoms with Gasteiger partial charge in [0.05, 0.1) is 18.4 Å². The van der Waals surface area contributed by atoms with E-state index in [2.05, 4.69) is 33.5 Å². The number of hydrogen-bond acceptors (Lipinski definition) is 7. The first-order chi connectivity index (χ1) is 14.6. The summed E-state index contributed by atoms with van der Waals surface area (Å²) in [6.07, 6.45) is 2.97. The summed E-state index contributed by atoms with van der Waals surface area (Å²) in [5.41, 5.74) is 2.62. The summed E-state index contributed by atoms with van der Waals surface area (Å²) in [5.74, 6) is 2.02. The average Bonchev–Trinajstić information content (AvgIpc) is 3.36. The molecule has 0 spiro atoms. The lowest BCUT2D eigenvalue weighted by Crippen LogP contribution is -2.14. The fraction of sp³-hybridized carbons (Fsp3) is 0.333. The van der Waals surface area contributed by atoms with Crippen LogP contribution < -0.4 is 10.1 Å². The number of thioether (sulfide) groups is 1. The molecular weight excluding hydrogens is 418 g/mol. The molecule has 7 nitrogen and oxygen atoms in total. The minimum Gasteiger partial charge on any atom is -0.497 e. The van der Waals surface area contributed by atoms with Gasteiger partial charge in [0.25, 0.3) is 0 Å². The third-order valence-corrected chi connectivity index (χ3v) is 7.05. The van der Waals surface area contributed by atoms with Crippen molar-refractivity contribution >= 4 is 34.0 Å². The normalized spacial score (nSPS) is 15.3. The topological polar surface area (TPSA) is 104 Å². The highest BCUT2D eigenvalue weighted by Gasteiger charge is 2.24. The molecule has 3 aromatic rings. The van der Waals surface area contributed by atoms with Crippen molar-refractivity contribution in [1.82, 2.24) is 15.2 Å². The van der Waals surface area contributed by atoms with E-state index in [0.717, 1.165) is 36.1 Å². The summed E-state index contributed by atoms with van der Waals surface area (Å²) >= 11 is 2.78. The van der Waals surface area contributed by atoms with Gasteiger partial charge < -0.3 is 10.1 Å². The van der Waals surface area contributed by atoms with Crippen LogP contribution in [0.2, 0.25) is 0 Å². The van der Waals surface area contributed by atoms with Gasteiger partial charge in [0.15, 0.2) is 5.82 Å². The summed E-state index contributed by atoms with van der Waals surface area (Å²) < 4.78 is 5.16. The number of nitriles is 1. The molecular formula is C21H21N5O2S2. The number of H-pyrrole nitrogens is 1. The maximum Gasteiger partial charge on any atom is 0.235 e. The Morgan fingerprint density at radius 2 is 2.23 bits per heavy atom. The van der Waals surface area contributed by atoms with Gasteiger partial charge in [0.2, 0.25) is 11.1 Å². The van der Waals surface area contributed by atoms with Crippen molar-refractivity contribution in [3.05, 3.63) is 40.3 Å². The molecule has 0 bridgehead atoms. The Hall–Kier alpha value is -2.83. The van der Waals surface area contributed by atoms with E-state index >= 15 is 0 Å². The Morgan fingerprint density at radius 3 is 2.97 bits per heavy atom. The first-order valence-corrected chi connectivity index (χ1v) is 11.4. The van der Waals surface area contributed by atoms with Gasteiger partial charge in [-0.1, -0.05) is 18.7 Å². The molecule has 1 aliphatic rings. The summed E-state index contributed by atoms with van der Waals surface area (Å²) in [5, 5.41) is 20.7. The molecule has 2 N–H and O–H groups in total. The van der Waals surface area contributed by atoms with Crippen molar-refractivity contribution < 1.29 is 9.53 Å². The van der Waals surface area contributed by atoms with E-state index in [-0.39, 0.29) is 11.7 Å². The molecule has 1 amide bonds. The smallest absolute Gasteiger partial charge is 0.235 e. The largest absolute Gasteiger partial charge is 0.497 e. The fourth-order valence-corrected chi connectivity index (χ4v) is 5.41. The fourth-order valence-electron chi connectivity index (χ4n) is 3.44. The van der Waals surface area contributed by atoms with Crippen LogP contribution in [-0.2, 0) is 17.6 Å². The highest BCUT2D eigenvalue weighted by Crippen LogP contribution is 2.39. The van der Waals surface area contributed by atoms with Crippen molar-refractivity contribution in [2.24, 2.45) is 5.92 Å². The van der Waals surface area contributed by atoms with Gasteiger partial charge in [-0.15, -0.1) is 16.4 Å². The maximum absolute atomic E-state index is 12.5. The van der Waals surface area contributed by atoms with Crippen LogP contribution in [0.25, 0.3) is 11.4 Å². The second-order valence-corrected chi connectivity index (χ2v) is 9.25. The number of carbonyl (C=O) groups is 1. The SMILES string of the molecule is COc1ccc(-c2nc(SCC(=O)Nc3sc4c(c3C#N)CCC(C)C4)n[nH]2)cc1. The number of carbonyl (C=O) groups excluding carboxylic acids is 1. The van der Waals surface area contributed by atoms with Crippen molar-refractivity contribution in [3.63, 3.8) is 0 Å². The molecule has 0 aliphatic heterocycles. The van der Waals surface area contributed by atoms with Crippen LogP contribution in [-0.4, -0.2) is 34.0 Å². The van der Waals surface area contributed by atoms with E-state index in [1.165, 1.54) is 28.0 Å². The van der Waals surface area contributed by atoms with Gasteiger partial charge in [0, 0.05) is 10.4 Å². The summed E-state index contributed by atoms with van der Waals surface area (Å²) in [6, 6.07) is 9.77. The molecule has 1 atom stereocenters. The molecule has 0 saturated carbocycles. The lowest BCUT2D eigenvalue weighted by molar-refractivity contribution is -0.113. The molecule has 2 aromatic heterocycles. The third kappa shape index (κ3) is 4.35. The van der Waals surface area contributed by atoms with Gasteiger partial charge in [-0.05, 0) is 55.0 Å². The van der Waals surface area contributed by atoms with Crippen molar-refractivity contribution in [2.45, 2.75) is 31.3 Å². The summed E-state index contributed by atoms with van der Waals surface area (Å²) in [6.45, 7) is 2.22. The number of rotatable bonds is 6. The lowest BCUT2D eigenvalue weighted by Gasteiger charge is -2.17. The number of amides is 1. The Kier molecular flexibility index (Phi) is 6.06. The number of methoxy groups -OCH3 is 1. The van der Waals surface area contributed by atoms with Gasteiger partial charge in [-0.3, -0.25) is 9.89 Å². The number of aromatic nitrogens is 3. The lowest BCUT2D eigenvalue weighted by atomic mass is 9.89. The maximum atomic E-state index is 12.5. The third-order valence-electron chi connectivity index (χ3n) is 5.04. The van der Waals surface area contributed by atoms with E-state index in [0.29, 0.717) is 27.5 Å². The minimum absolute atomic E-state index is 0.168. The number of ether oxygens (including phenoxy) is 1. The second-order valence-electron chi connectivity index (χ2n) is 7.20. The van der Waals surface area contributed by atoms with Crippen molar-refractivity contribution in [2.75, 3.05) is 18.2 Å². The number of nitrogens with one attached hydrogen (secondary N) is 2. The van der Waals surface area contributed by atoms with E-state index in [1.54, 1.807) is 7.11 Å². The van der Waals surface area contributed by atoms with Gasteiger partial charge in [-0.25, -0.2) is 4.98 Å². The van der Waals surface area contributed by atoms with E-state index < -0.39 is 0 Å². The van der Waals surface area contributed by atoms with Crippen LogP contribution >= 0.6 is 23.1 Å². The highest BCUT2D eigenvalue weighted by atomic mass is 32.2. The molecule has 1 aliphatic carbocycles. The summed E-state index contributed by atoms with van der Waals surface area (Å²) in [4.78, 5) is 18.1. The molecule has 9 heteroatoms. The number of anilines is 1.